The summed E-state index contributed by atoms with van der Waals surface area (Å²) >= 11 is 0. The minimum Gasteiger partial charge on any atom is -0.368 e. The number of fused-ring (bicyclic) bond motifs is 1. The quantitative estimate of drug-likeness (QED) is 0.688. The van der Waals surface area contributed by atoms with Crippen LogP contribution in [0.4, 0.5) is 11.5 Å². The lowest BCUT2D eigenvalue weighted by Gasteiger charge is -2.36. The van der Waals surface area contributed by atoms with Crippen LogP contribution in [0.5, 0.6) is 0 Å². The van der Waals surface area contributed by atoms with Gasteiger partial charge >= 0.3 is 0 Å². The molecule has 0 N–H and O–H groups in total. The van der Waals surface area contributed by atoms with Crippen molar-refractivity contribution in [2.75, 3.05) is 50.1 Å². The van der Waals surface area contributed by atoms with Gasteiger partial charge < -0.3 is 14.7 Å². The standard InChI is InChI=1S/C20H23N7O/c1-14-11-22-18(12-21-14)20(28)27-8-6-26(7-9-27)15-4-5-17-16(10-15)19(25(2)3)24-13-23-17/h4-5,10-13H,6-9H2,1-3H3. The third kappa shape index (κ3) is 3.45. The van der Waals surface area contributed by atoms with Crippen LogP contribution in [0.15, 0.2) is 36.9 Å². The highest BCUT2D eigenvalue weighted by atomic mass is 16.2. The van der Waals surface area contributed by atoms with Gasteiger partial charge in [-0.05, 0) is 25.1 Å². The molecule has 0 bridgehead atoms. The van der Waals surface area contributed by atoms with Gasteiger partial charge in [-0.15, -0.1) is 0 Å². The van der Waals surface area contributed by atoms with E-state index in [0.29, 0.717) is 18.8 Å². The predicted molar refractivity (Wildman–Crippen MR) is 109 cm³/mol. The number of carbonyl (C=O) groups excluding carboxylic acids is 1. The van der Waals surface area contributed by atoms with Gasteiger partial charge in [0.2, 0.25) is 0 Å². The van der Waals surface area contributed by atoms with Gasteiger partial charge in [-0.2, -0.15) is 0 Å². The first-order chi connectivity index (χ1) is 13.5. The van der Waals surface area contributed by atoms with Crippen LogP contribution in [-0.2, 0) is 0 Å². The number of anilines is 2. The van der Waals surface area contributed by atoms with Crippen molar-refractivity contribution in [3.05, 3.63) is 48.3 Å². The Bertz CT molecular complexity index is 995. The van der Waals surface area contributed by atoms with Gasteiger partial charge in [0.15, 0.2) is 0 Å². The molecule has 3 heterocycles. The normalized spacial score (nSPS) is 14.4. The Labute approximate surface area is 163 Å². The van der Waals surface area contributed by atoms with Gasteiger partial charge in [0.25, 0.3) is 5.91 Å². The molecule has 1 amide bonds. The summed E-state index contributed by atoms with van der Waals surface area (Å²) in [4.78, 5) is 35.9. The fraction of sp³-hybridized carbons (Fsp3) is 0.350. The number of hydrogen-bond donors (Lipinski definition) is 0. The van der Waals surface area contributed by atoms with E-state index in [1.807, 2.05) is 36.9 Å². The smallest absolute Gasteiger partial charge is 0.274 e. The molecule has 4 rings (SSSR count). The SMILES string of the molecule is Cc1cnc(C(=O)N2CCN(c3ccc4ncnc(N(C)C)c4c3)CC2)cn1. The molecule has 0 unspecified atom stereocenters. The topological polar surface area (TPSA) is 78.4 Å². The van der Waals surface area contributed by atoms with E-state index in [1.54, 1.807) is 18.7 Å². The molecule has 1 saturated heterocycles. The second-order valence-corrected chi connectivity index (χ2v) is 7.12. The maximum Gasteiger partial charge on any atom is 0.274 e. The highest BCUT2D eigenvalue weighted by Gasteiger charge is 2.23. The third-order valence-corrected chi connectivity index (χ3v) is 4.95. The van der Waals surface area contributed by atoms with E-state index in [1.165, 1.54) is 0 Å². The summed E-state index contributed by atoms with van der Waals surface area (Å²) in [7, 11) is 3.96. The summed E-state index contributed by atoms with van der Waals surface area (Å²) in [5.41, 5.74) is 3.25. The molecular weight excluding hydrogens is 354 g/mol. The summed E-state index contributed by atoms with van der Waals surface area (Å²) in [5.74, 6) is 0.840. The van der Waals surface area contributed by atoms with Crippen molar-refractivity contribution in [2.24, 2.45) is 0 Å². The molecule has 8 heteroatoms. The Kier molecular flexibility index (Phi) is 4.77. The minimum absolute atomic E-state index is 0.0612. The lowest BCUT2D eigenvalue weighted by molar-refractivity contribution is 0.0740. The molecule has 0 radical (unpaired) electrons. The Morgan fingerprint density at radius 2 is 1.79 bits per heavy atom. The highest BCUT2D eigenvalue weighted by Crippen LogP contribution is 2.27. The molecule has 2 aromatic heterocycles. The third-order valence-electron chi connectivity index (χ3n) is 4.95. The molecule has 3 aromatic rings. The van der Waals surface area contributed by atoms with Crippen molar-refractivity contribution in [3.8, 4) is 0 Å². The van der Waals surface area contributed by atoms with Crippen molar-refractivity contribution >= 4 is 28.3 Å². The monoisotopic (exact) mass is 377 g/mol. The zero-order valence-electron chi connectivity index (χ0n) is 16.3. The van der Waals surface area contributed by atoms with Crippen molar-refractivity contribution in [1.29, 1.82) is 0 Å². The van der Waals surface area contributed by atoms with Crippen LogP contribution < -0.4 is 9.80 Å². The van der Waals surface area contributed by atoms with E-state index in [4.69, 9.17) is 0 Å². The zero-order valence-corrected chi connectivity index (χ0v) is 16.3. The first-order valence-electron chi connectivity index (χ1n) is 9.28. The number of piperazine rings is 1. The van der Waals surface area contributed by atoms with Crippen LogP contribution in [0.25, 0.3) is 10.9 Å². The van der Waals surface area contributed by atoms with Gasteiger partial charge in [0.1, 0.15) is 17.8 Å². The molecule has 0 saturated carbocycles. The average Bonchev–Trinajstić information content (AvgIpc) is 2.73. The lowest BCUT2D eigenvalue weighted by Crippen LogP contribution is -2.49. The van der Waals surface area contributed by atoms with Crippen LogP contribution in [0, 0.1) is 6.92 Å². The Balaban J connectivity index is 1.50. The summed E-state index contributed by atoms with van der Waals surface area (Å²) in [5, 5.41) is 1.03. The van der Waals surface area contributed by atoms with Gasteiger partial charge in [-0.3, -0.25) is 9.78 Å². The van der Waals surface area contributed by atoms with Crippen LogP contribution in [0.1, 0.15) is 16.2 Å². The molecule has 0 spiro atoms. The number of amides is 1. The fourth-order valence-corrected chi connectivity index (χ4v) is 3.42. The fourth-order valence-electron chi connectivity index (χ4n) is 3.42. The van der Waals surface area contributed by atoms with E-state index >= 15 is 0 Å². The number of benzene rings is 1. The van der Waals surface area contributed by atoms with Crippen LogP contribution >= 0.6 is 0 Å². The maximum absolute atomic E-state index is 12.6. The summed E-state index contributed by atoms with van der Waals surface area (Å²) < 4.78 is 0. The molecule has 1 aromatic carbocycles. The Hall–Kier alpha value is -3.29. The molecule has 8 nitrogen and oxygen atoms in total. The van der Waals surface area contributed by atoms with Gasteiger partial charge in [-0.1, -0.05) is 0 Å². The number of hydrogen-bond acceptors (Lipinski definition) is 7. The van der Waals surface area contributed by atoms with E-state index < -0.39 is 0 Å². The lowest BCUT2D eigenvalue weighted by atomic mass is 10.1. The van der Waals surface area contributed by atoms with Crippen LogP contribution in [-0.4, -0.2) is 71.0 Å². The van der Waals surface area contributed by atoms with Crippen molar-refractivity contribution in [3.63, 3.8) is 0 Å². The van der Waals surface area contributed by atoms with E-state index in [0.717, 1.165) is 41.2 Å². The molecule has 1 fully saturated rings. The Morgan fingerprint density at radius 3 is 2.46 bits per heavy atom. The van der Waals surface area contributed by atoms with Crippen molar-refractivity contribution in [2.45, 2.75) is 6.92 Å². The zero-order chi connectivity index (χ0) is 19.7. The molecule has 1 aliphatic rings. The minimum atomic E-state index is -0.0612. The van der Waals surface area contributed by atoms with E-state index in [2.05, 4.69) is 37.0 Å². The van der Waals surface area contributed by atoms with Crippen molar-refractivity contribution in [1.82, 2.24) is 24.8 Å². The number of aryl methyl sites for hydroxylation is 1. The first-order valence-corrected chi connectivity index (χ1v) is 9.28. The molecular formula is C20H23N7O. The molecule has 0 atom stereocenters. The molecule has 28 heavy (non-hydrogen) atoms. The number of aromatic nitrogens is 4. The van der Waals surface area contributed by atoms with Gasteiger partial charge in [-0.25, -0.2) is 15.0 Å². The molecule has 0 aliphatic carbocycles. The summed E-state index contributed by atoms with van der Waals surface area (Å²) in [6.45, 7) is 4.69. The Morgan fingerprint density at radius 1 is 1.00 bits per heavy atom. The highest BCUT2D eigenvalue weighted by molar-refractivity contribution is 5.93. The number of nitrogens with zero attached hydrogens (tertiary/aromatic N) is 7. The molecule has 144 valence electrons. The van der Waals surface area contributed by atoms with Crippen LogP contribution in [0.3, 0.4) is 0 Å². The second-order valence-electron chi connectivity index (χ2n) is 7.12. The van der Waals surface area contributed by atoms with Gasteiger partial charge in [0.05, 0.1) is 17.4 Å². The van der Waals surface area contributed by atoms with Crippen molar-refractivity contribution < 1.29 is 4.79 Å². The maximum atomic E-state index is 12.6. The van der Waals surface area contributed by atoms with Gasteiger partial charge in [0, 0.05) is 57.5 Å². The van der Waals surface area contributed by atoms with E-state index in [9.17, 15) is 4.79 Å². The predicted octanol–water partition coefficient (Wildman–Crippen LogP) is 1.76. The van der Waals surface area contributed by atoms with E-state index in [-0.39, 0.29) is 5.91 Å². The first kappa shape index (κ1) is 18.1. The molecule has 1 aliphatic heterocycles. The second kappa shape index (κ2) is 7.38. The number of rotatable bonds is 3. The summed E-state index contributed by atoms with van der Waals surface area (Å²) in [6, 6.07) is 6.24. The average molecular weight is 377 g/mol. The number of carbonyl (C=O) groups is 1. The van der Waals surface area contributed by atoms with Crippen LogP contribution in [0.2, 0.25) is 0 Å². The largest absolute Gasteiger partial charge is 0.368 e. The summed E-state index contributed by atoms with van der Waals surface area (Å²) in [6.07, 6.45) is 4.77.